The normalized spacial score (nSPS) is 12.4. The molecule has 0 bridgehead atoms. The molecule has 0 aliphatic heterocycles. The maximum Gasteiger partial charge on any atom is 0.132 e. The van der Waals surface area contributed by atoms with Gasteiger partial charge in [-0.15, -0.1) is 0 Å². The third kappa shape index (κ3) is 2.36. The average molecular weight is 249 g/mol. The molecule has 1 heterocycles. The molecular formula is C13H16FN3O. The van der Waals surface area contributed by atoms with Crippen molar-refractivity contribution in [3.8, 4) is 5.75 Å². The van der Waals surface area contributed by atoms with Gasteiger partial charge in [0.25, 0.3) is 0 Å². The van der Waals surface area contributed by atoms with Crippen LogP contribution in [0.5, 0.6) is 5.75 Å². The van der Waals surface area contributed by atoms with Crippen molar-refractivity contribution < 1.29 is 9.13 Å². The Morgan fingerprint density at radius 1 is 1.50 bits per heavy atom. The molecule has 0 spiro atoms. The van der Waals surface area contributed by atoms with Crippen LogP contribution in [0.1, 0.15) is 24.1 Å². The summed E-state index contributed by atoms with van der Waals surface area (Å²) in [4.78, 5) is 0. The lowest BCUT2D eigenvalue weighted by Crippen LogP contribution is -2.13. The number of halogens is 1. The first kappa shape index (κ1) is 12.6. The van der Waals surface area contributed by atoms with Crippen molar-refractivity contribution in [3.05, 3.63) is 47.5 Å². The summed E-state index contributed by atoms with van der Waals surface area (Å²) in [7, 11) is 1.50. The van der Waals surface area contributed by atoms with Crippen molar-refractivity contribution in [2.24, 2.45) is 5.73 Å². The molecule has 96 valence electrons. The smallest absolute Gasteiger partial charge is 0.132 e. The van der Waals surface area contributed by atoms with E-state index in [-0.39, 0.29) is 5.82 Å². The second-order valence-corrected chi connectivity index (χ2v) is 3.99. The van der Waals surface area contributed by atoms with E-state index in [4.69, 9.17) is 10.5 Å². The van der Waals surface area contributed by atoms with Crippen molar-refractivity contribution in [2.75, 3.05) is 7.11 Å². The van der Waals surface area contributed by atoms with Crippen LogP contribution in [0.3, 0.4) is 0 Å². The molecular weight excluding hydrogens is 233 g/mol. The van der Waals surface area contributed by atoms with Crippen LogP contribution in [0.15, 0.2) is 30.6 Å². The summed E-state index contributed by atoms with van der Waals surface area (Å²) in [5.41, 5.74) is 7.27. The zero-order chi connectivity index (χ0) is 13.1. The molecule has 2 N–H and O–H groups in total. The number of hydrogen-bond donors (Lipinski definition) is 1. The Morgan fingerprint density at radius 3 is 2.83 bits per heavy atom. The third-order valence-electron chi connectivity index (χ3n) is 2.88. The highest BCUT2D eigenvalue weighted by atomic mass is 19.1. The van der Waals surface area contributed by atoms with Crippen molar-refractivity contribution in [3.63, 3.8) is 0 Å². The van der Waals surface area contributed by atoms with Gasteiger partial charge in [0.2, 0.25) is 0 Å². The van der Waals surface area contributed by atoms with Gasteiger partial charge in [-0.1, -0.05) is 6.07 Å². The van der Waals surface area contributed by atoms with Crippen LogP contribution < -0.4 is 10.5 Å². The molecule has 1 aromatic carbocycles. The molecule has 1 atom stereocenters. The molecule has 0 amide bonds. The maximum absolute atomic E-state index is 13.9. The predicted octanol–water partition coefficient (Wildman–Crippen LogP) is 2.10. The molecule has 1 unspecified atom stereocenters. The number of nitrogens with two attached hydrogens (primary N) is 1. The van der Waals surface area contributed by atoms with Gasteiger partial charge in [0, 0.05) is 29.9 Å². The lowest BCUT2D eigenvalue weighted by molar-refractivity contribution is 0.410. The second kappa shape index (κ2) is 5.18. The highest BCUT2D eigenvalue weighted by molar-refractivity contribution is 5.35. The van der Waals surface area contributed by atoms with Crippen molar-refractivity contribution >= 4 is 0 Å². The average Bonchev–Trinajstić information content (AvgIpc) is 2.86. The fourth-order valence-corrected chi connectivity index (χ4v) is 1.78. The van der Waals surface area contributed by atoms with Crippen LogP contribution in [-0.2, 0) is 6.54 Å². The Morgan fingerprint density at radius 2 is 2.28 bits per heavy atom. The Hall–Kier alpha value is -1.88. The van der Waals surface area contributed by atoms with E-state index < -0.39 is 6.04 Å². The third-order valence-corrected chi connectivity index (χ3v) is 2.88. The van der Waals surface area contributed by atoms with Crippen LogP contribution in [0.25, 0.3) is 0 Å². The molecule has 2 rings (SSSR count). The number of aryl methyl sites for hydroxylation is 1. The van der Waals surface area contributed by atoms with Gasteiger partial charge in [0.05, 0.1) is 19.3 Å². The second-order valence-electron chi connectivity index (χ2n) is 3.99. The summed E-state index contributed by atoms with van der Waals surface area (Å²) < 4.78 is 20.6. The fourth-order valence-electron chi connectivity index (χ4n) is 1.78. The van der Waals surface area contributed by atoms with Crippen molar-refractivity contribution in [2.45, 2.75) is 19.5 Å². The number of rotatable bonds is 4. The van der Waals surface area contributed by atoms with E-state index in [9.17, 15) is 4.39 Å². The van der Waals surface area contributed by atoms with E-state index >= 15 is 0 Å². The first-order valence-corrected chi connectivity index (χ1v) is 5.77. The molecule has 0 fully saturated rings. The van der Waals surface area contributed by atoms with Gasteiger partial charge in [-0.25, -0.2) is 4.39 Å². The highest BCUT2D eigenvalue weighted by Crippen LogP contribution is 2.24. The van der Waals surface area contributed by atoms with E-state index in [1.54, 1.807) is 23.0 Å². The molecule has 4 nitrogen and oxygen atoms in total. The zero-order valence-corrected chi connectivity index (χ0v) is 10.4. The van der Waals surface area contributed by atoms with Crippen LogP contribution in [0.2, 0.25) is 0 Å². The van der Waals surface area contributed by atoms with Gasteiger partial charge < -0.3 is 10.5 Å². The predicted molar refractivity (Wildman–Crippen MR) is 66.9 cm³/mol. The quantitative estimate of drug-likeness (QED) is 0.902. The summed E-state index contributed by atoms with van der Waals surface area (Å²) in [6, 6.07) is 4.15. The summed E-state index contributed by atoms with van der Waals surface area (Å²) in [5, 5.41) is 4.13. The SMILES string of the molecule is CCn1cc(C(N)c2ccc(OC)cc2F)cn1. The monoisotopic (exact) mass is 249 g/mol. The molecule has 0 aliphatic carbocycles. The Bertz CT molecular complexity index is 539. The lowest BCUT2D eigenvalue weighted by Gasteiger charge is -2.12. The zero-order valence-electron chi connectivity index (χ0n) is 10.4. The first-order valence-electron chi connectivity index (χ1n) is 5.77. The van der Waals surface area contributed by atoms with Crippen LogP contribution in [0.4, 0.5) is 4.39 Å². The minimum Gasteiger partial charge on any atom is -0.497 e. The van der Waals surface area contributed by atoms with E-state index in [0.717, 1.165) is 12.1 Å². The topological polar surface area (TPSA) is 53.1 Å². The van der Waals surface area contributed by atoms with E-state index in [1.807, 2.05) is 13.1 Å². The number of ether oxygens (including phenoxy) is 1. The number of aromatic nitrogens is 2. The van der Waals surface area contributed by atoms with Gasteiger partial charge in [0.15, 0.2) is 0 Å². The summed E-state index contributed by atoms with van der Waals surface area (Å²) in [5.74, 6) is 0.110. The molecule has 0 aliphatic rings. The van der Waals surface area contributed by atoms with E-state index in [0.29, 0.717) is 11.3 Å². The van der Waals surface area contributed by atoms with Gasteiger partial charge in [-0.3, -0.25) is 4.68 Å². The van der Waals surface area contributed by atoms with E-state index in [1.165, 1.54) is 13.2 Å². The first-order chi connectivity index (χ1) is 8.65. The number of benzene rings is 1. The summed E-state index contributed by atoms with van der Waals surface area (Å²) >= 11 is 0. The van der Waals surface area contributed by atoms with Gasteiger partial charge in [0.1, 0.15) is 11.6 Å². The van der Waals surface area contributed by atoms with Crippen molar-refractivity contribution in [1.82, 2.24) is 9.78 Å². The molecule has 1 aromatic heterocycles. The standard InChI is InChI=1S/C13H16FN3O/c1-3-17-8-9(7-16-17)13(15)11-5-4-10(18-2)6-12(11)14/h4-8,13H,3,15H2,1-2H3. The van der Waals surface area contributed by atoms with Crippen LogP contribution in [0, 0.1) is 5.82 Å². The molecule has 0 radical (unpaired) electrons. The van der Waals surface area contributed by atoms with Crippen molar-refractivity contribution in [1.29, 1.82) is 0 Å². The Kier molecular flexibility index (Phi) is 3.62. The Labute approximate surface area is 105 Å². The minimum absolute atomic E-state index is 0.369. The molecule has 0 saturated carbocycles. The van der Waals surface area contributed by atoms with Gasteiger partial charge >= 0.3 is 0 Å². The number of hydrogen-bond acceptors (Lipinski definition) is 3. The molecule has 0 saturated heterocycles. The largest absolute Gasteiger partial charge is 0.497 e. The highest BCUT2D eigenvalue weighted by Gasteiger charge is 2.15. The fraction of sp³-hybridized carbons (Fsp3) is 0.308. The number of methoxy groups -OCH3 is 1. The van der Waals surface area contributed by atoms with Gasteiger partial charge in [-0.05, 0) is 13.0 Å². The van der Waals surface area contributed by atoms with Crippen LogP contribution in [-0.4, -0.2) is 16.9 Å². The summed E-state index contributed by atoms with van der Waals surface area (Å²) in [6.45, 7) is 2.74. The minimum atomic E-state index is -0.517. The van der Waals surface area contributed by atoms with Crippen LogP contribution >= 0.6 is 0 Å². The summed E-state index contributed by atoms with van der Waals surface area (Å²) in [6.07, 6.45) is 3.49. The van der Waals surface area contributed by atoms with Gasteiger partial charge in [-0.2, -0.15) is 5.10 Å². The number of nitrogens with zero attached hydrogens (tertiary/aromatic N) is 2. The Balaban J connectivity index is 2.30. The molecule has 5 heteroatoms. The lowest BCUT2D eigenvalue weighted by atomic mass is 10.0. The molecule has 2 aromatic rings. The molecule has 18 heavy (non-hydrogen) atoms. The maximum atomic E-state index is 13.9. The van der Waals surface area contributed by atoms with E-state index in [2.05, 4.69) is 5.10 Å².